The Morgan fingerprint density at radius 1 is 1.27 bits per heavy atom. The molecule has 1 N–H and O–H groups in total. The van der Waals surface area contributed by atoms with Crippen LogP contribution in [0.4, 0.5) is 4.39 Å². The second-order valence-corrected chi connectivity index (χ2v) is 6.55. The number of nitrogens with one attached hydrogen (secondary N) is 1. The van der Waals surface area contributed by atoms with Crippen molar-refractivity contribution in [2.75, 3.05) is 20.2 Å². The lowest BCUT2D eigenvalue weighted by Gasteiger charge is -2.22. The number of amides is 1. The topological polar surface area (TPSA) is 41.6 Å². The van der Waals surface area contributed by atoms with Gasteiger partial charge in [-0.2, -0.15) is 0 Å². The Labute approximate surface area is 158 Å². The molecule has 0 saturated carbocycles. The standard InChI is InChI=1S/C20H24ClFN2O2/c1-4-24(12-15-5-10-19(26-3)18(22)11-15)13-20(25)23-14(2)16-6-8-17(21)9-7-16/h5-11,14H,4,12-13H2,1-3H3,(H,23,25)/t14-/m0/s1. The molecule has 0 heterocycles. The fraction of sp³-hybridized carbons (Fsp3) is 0.350. The van der Waals surface area contributed by atoms with Gasteiger partial charge in [0.1, 0.15) is 0 Å². The van der Waals surface area contributed by atoms with Gasteiger partial charge in [-0.3, -0.25) is 9.69 Å². The second kappa shape index (κ2) is 9.55. The van der Waals surface area contributed by atoms with E-state index in [9.17, 15) is 9.18 Å². The molecule has 6 heteroatoms. The summed E-state index contributed by atoms with van der Waals surface area (Å²) in [6.45, 7) is 5.30. The lowest BCUT2D eigenvalue weighted by Crippen LogP contribution is -2.38. The number of ether oxygens (including phenoxy) is 1. The Kier molecular flexibility index (Phi) is 7.42. The summed E-state index contributed by atoms with van der Waals surface area (Å²) in [6, 6.07) is 12.1. The van der Waals surface area contributed by atoms with Crippen LogP contribution in [0.25, 0.3) is 0 Å². The maximum Gasteiger partial charge on any atom is 0.234 e. The van der Waals surface area contributed by atoms with Gasteiger partial charge in [0.15, 0.2) is 11.6 Å². The van der Waals surface area contributed by atoms with Crippen LogP contribution in [0.2, 0.25) is 5.02 Å². The lowest BCUT2D eigenvalue weighted by atomic mass is 10.1. The number of hydrogen-bond donors (Lipinski definition) is 1. The number of rotatable bonds is 8. The van der Waals surface area contributed by atoms with E-state index in [4.69, 9.17) is 16.3 Å². The molecule has 0 radical (unpaired) electrons. The van der Waals surface area contributed by atoms with Crippen LogP contribution in [-0.2, 0) is 11.3 Å². The Hall–Kier alpha value is -2.11. The highest BCUT2D eigenvalue weighted by Crippen LogP contribution is 2.19. The van der Waals surface area contributed by atoms with Gasteiger partial charge in [0.2, 0.25) is 5.91 Å². The van der Waals surface area contributed by atoms with Crippen LogP contribution < -0.4 is 10.1 Å². The molecule has 0 aliphatic carbocycles. The molecule has 0 saturated heterocycles. The van der Waals surface area contributed by atoms with E-state index in [1.54, 1.807) is 24.3 Å². The summed E-state index contributed by atoms with van der Waals surface area (Å²) < 4.78 is 18.8. The first-order valence-corrected chi connectivity index (χ1v) is 8.90. The van der Waals surface area contributed by atoms with Crippen molar-refractivity contribution in [1.82, 2.24) is 10.2 Å². The van der Waals surface area contributed by atoms with Crippen LogP contribution in [0.3, 0.4) is 0 Å². The van der Waals surface area contributed by atoms with Crippen molar-refractivity contribution in [2.24, 2.45) is 0 Å². The van der Waals surface area contributed by atoms with Crippen LogP contribution in [0, 0.1) is 5.82 Å². The van der Waals surface area contributed by atoms with Gasteiger partial charge in [-0.15, -0.1) is 0 Å². The van der Waals surface area contributed by atoms with Crippen molar-refractivity contribution in [3.8, 4) is 5.75 Å². The summed E-state index contributed by atoms with van der Waals surface area (Å²) in [5, 5.41) is 3.64. The van der Waals surface area contributed by atoms with E-state index in [2.05, 4.69) is 5.32 Å². The number of benzene rings is 2. The van der Waals surface area contributed by atoms with Gasteiger partial charge in [-0.1, -0.05) is 36.7 Å². The molecule has 0 fully saturated rings. The fourth-order valence-electron chi connectivity index (χ4n) is 2.67. The van der Waals surface area contributed by atoms with Gasteiger partial charge in [0.25, 0.3) is 0 Å². The first-order valence-electron chi connectivity index (χ1n) is 8.52. The number of methoxy groups -OCH3 is 1. The van der Waals surface area contributed by atoms with Gasteiger partial charge in [-0.05, 0) is 48.9 Å². The summed E-state index contributed by atoms with van der Waals surface area (Å²) in [5.41, 5.74) is 1.78. The minimum Gasteiger partial charge on any atom is -0.494 e. The number of halogens is 2. The molecule has 0 aliphatic rings. The Morgan fingerprint density at radius 2 is 1.96 bits per heavy atom. The van der Waals surface area contributed by atoms with Crippen molar-refractivity contribution in [3.63, 3.8) is 0 Å². The highest BCUT2D eigenvalue weighted by Gasteiger charge is 2.14. The molecule has 26 heavy (non-hydrogen) atoms. The Bertz CT molecular complexity index is 737. The number of likely N-dealkylation sites (N-methyl/N-ethyl adjacent to an activating group) is 1. The average molecular weight is 379 g/mol. The summed E-state index contributed by atoms with van der Waals surface area (Å²) in [7, 11) is 1.43. The second-order valence-electron chi connectivity index (χ2n) is 6.11. The number of nitrogens with zero attached hydrogens (tertiary/aromatic N) is 1. The molecule has 2 rings (SSSR count). The van der Waals surface area contributed by atoms with Crippen LogP contribution in [0.5, 0.6) is 5.75 Å². The van der Waals surface area contributed by atoms with E-state index in [1.165, 1.54) is 13.2 Å². The van der Waals surface area contributed by atoms with Gasteiger partial charge in [0.05, 0.1) is 19.7 Å². The third kappa shape index (κ3) is 5.71. The van der Waals surface area contributed by atoms with Gasteiger partial charge in [0, 0.05) is 11.6 Å². The Morgan fingerprint density at radius 3 is 2.54 bits per heavy atom. The molecule has 0 aromatic heterocycles. The maximum atomic E-state index is 13.8. The normalized spacial score (nSPS) is 12.1. The summed E-state index contributed by atoms with van der Waals surface area (Å²) >= 11 is 5.89. The molecule has 2 aromatic rings. The molecule has 0 bridgehead atoms. The van der Waals surface area contributed by atoms with Crippen molar-refractivity contribution in [3.05, 3.63) is 64.4 Å². The summed E-state index contributed by atoms with van der Waals surface area (Å²) in [6.07, 6.45) is 0. The third-order valence-corrected chi connectivity index (χ3v) is 4.44. The van der Waals surface area contributed by atoms with Crippen molar-refractivity contribution >= 4 is 17.5 Å². The lowest BCUT2D eigenvalue weighted by molar-refractivity contribution is -0.123. The van der Waals surface area contributed by atoms with Gasteiger partial charge >= 0.3 is 0 Å². The molecule has 0 spiro atoms. The largest absolute Gasteiger partial charge is 0.494 e. The van der Waals surface area contributed by atoms with Crippen molar-refractivity contribution < 1.29 is 13.9 Å². The van der Waals surface area contributed by atoms with Crippen molar-refractivity contribution in [2.45, 2.75) is 26.4 Å². The zero-order valence-electron chi connectivity index (χ0n) is 15.3. The molecule has 0 unspecified atom stereocenters. The summed E-state index contributed by atoms with van der Waals surface area (Å²) in [4.78, 5) is 14.3. The zero-order valence-corrected chi connectivity index (χ0v) is 16.0. The molecule has 0 aliphatic heterocycles. The highest BCUT2D eigenvalue weighted by atomic mass is 35.5. The molecule has 4 nitrogen and oxygen atoms in total. The SMILES string of the molecule is CCN(CC(=O)N[C@@H](C)c1ccc(Cl)cc1)Cc1ccc(OC)c(F)c1. The first-order chi connectivity index (χ1) is 12.4. The molecule has 2 aromatic carbocycles. The van der Waals surface area contributed by atoms with E-state index in [1.807, 2.05) is 30.9 Å². The quantitative estimate of drug-likeness (QED) is 0.749. The average Bonchev–Trinajstić information content (AvgIpc) is 2.61. The van der Waals surface area contributed by atoms with Crippen LogP contribution >= 0.6 is 11.6 Å². The van der Waals surface area contributed by atoms with E-state index in [-0.39, 0.29) is 24.2 Å². The monoisotopic (exact) mass is 378 g/mol. The number of carbonyl (C=O) groups is 1. The molecule has 140 valence electrons. The Balaban J connectivity index is 1.93. The fourth-order valence-corrected chi connectivity index (χ4v) is 2.80. The third-order valence-electron chi connectivity index (χ3n) is 4.18. The minimum absolute atomic E-state index is 0.0803. The molecular weight excluding hydrogens is 355 g/mol. The molecule has 1 atom stereocenters. The van der Waals surface area contributed by atoms with Crippen LogP contribution in [0.1, 0.15) is 31.0 Å². The zero-order chi connectivity index (χ0) is 19.1. The first kappa shape index (κ1) is 20.2. The number of carbonyl (C=O) groups excluding carboxylic acids is 1. The van der Waals surface area contributed by atoms with E-state index >= 15 is 0 Å². The minimum atomic E-state index is -0.401. The van der Waals surface area contributed by atoms with Crippen LogP contribution in [0.15, 0.2) is 42.5 Å². The molecule has 1 amide bonds. The van der Waals surface area contributed by atoms with E-state index in [0.717, 1.165) is 11.1 Å². The van der Waals surface area contributed by atoms with E-state index in [0.29, 0.717) is 18.1 Å². The van der Waals surface area contributed by atoms with Crippen LogP contribution in [-0.4, -0.2) is 31.0 Å². The smallest absolute Gasteiger partial charge is 0.234 e. The van der Waals surface area contributed by atoms with Crippen molar-refractivity contribution in [1.29, 1.82) is 0 Å². The summed E-state index contributed by atoms with van der Waals surface area (Å²) in [5.74, 6) is -0.267. The van der Waals surface area contributed by atoms with Gasteiger partial charge in [-0.25, -0.2) is 4.39 Å². The number of hydrogen-bond acceptors (Lipinski definition) is 3. The van der Waals surface area contributed by atoms with E-state index < -0.39 is 5.82 Å². The van der Waals surface area contributed by atoms with Gasteiger partial charge < -0.3 is 10.1 Å². The maximum absolute atomic E-state index is 13.8. The molecular formula is C20H24ClFN2O2. The predicted octanol–water partition coefficient (Wildman–Crippen LogP) is 4.19. The predicted molar refractivity (Wildman–Crippen MR) is 102 cm³/mol. The highest BCUT2D eigenvalue weighted by molar-refractivity contribution is 6.30.